The molecule has 0 fully saturated rings. The molecule has 1 aromatic heterocycles. The predicted octanol–water partition coefficient (Wildman–Crippen LogP) is 0.365. The van der Waals surface area contributed by atoms with Crippen LogP contribution < -0.4 is 0 Å². The summed E-state index contributed by atoms with van der Waals surface area (Å²) < 4.78 is 1.38. The molecule has 0 saturated heterocycles. The second-order valence-electron chi connectivity index (χ2n) is 3.18. The highest BCUT2D eigenvalue weighted by molar-refractivity contribution is 6.09. The fourth-order valence-electron chi connectivity index (χ4n) is 1.50. The molecule has 0 aliphatic heterocycles. The maximum Gasteiger partial charge on any atom is 0.338 e. The van der Waals surface area contributed by atoms with E-state index in [4.69, 9.17) is 10.2 Å². The van der Waals surface area contributed by atoms with Gasteiger partial charge in [0.05, 0.1) is 11.1 Å². The number of aromatic carboxylic acids is 2. The Hall–Kier alpha value is -2.44. The molecule has 7 heteroatoms. The Labute approximate surface area is 88.9 Å². The number of rotatable bonds is 2. The number of aryl methyl sites for hydroxylation is 1. The minimum absolute atomic E-state index is 0.0786. The summed E-state index contributed by atoms with van der Waals surface area (Å²) in [4.78, 5) is 21.9. The number of carbonyl (C=O) groups is 2. The topological polar surface area (TPSA) is 105 Å². The van der Waals surface area contributed by atoms with E-state index < -0.39 is 11.9 Å². The molecule has 2 rings (SSSR count). The third-order valence-corrected chi connectivity index (χ3v) is 2.23. The van der Waals surface area contributed by atoms with Gasteiger partial charge in [-0.3, -0.25) is 0 Å². The first-order chi connectivity index (χ1) is 7.52. The maximum absolute atomic E-state index is 11.0. The summed E-state index contributed by atoms with van der Waals surface area (Å²) in [5.74, 6) is -2.63. The van der Waals surface area contributed by atoms with Crippen molar-refractivity contribution in [2.75, 3.05) is 0 Å². The maximum atomic E-state index is 11.0. The standard InChI is InChI=1S/C9H7N3O4/c1-12-5-3-2-4(8(13)14)6(9(15)16)7(5)10-11-12/h2-3H,1H3,(H,13,14)(H,15,16). The van der Waals surface area contributed by atoms with Gasteiger partial charge in [0, 0.05) is 7.05 Å². The van der Waals surface area contributed by atoms with E-state index in [-0.39, 0.29) is 16.6 Å². The average Bonchev–Trinajstić information content (AvgIpc) is 2.58. The number of aromatic nitrogens is 3. The highest BCUT2D eigenvalue weighted by Gasteiger charge is 2.21. The third kappa shape index (κ3) is 1.29. The number of nitrogens with zero attached hydrogens (tertiary/aromatic N) is 3. The van der Waals surface area contributed by atoms with Crippen molar-refractivity contribution in [3.05, 3.63) is 23.3 Å². The van der Waals surface area contributed by atoms with Gasteiger partial charge >= 0.3 is 11.9 Å². The molecule has 0 saturated carbocycles. The Kier molecular flexibility index (Phi) is 2.08. The molecule has 7 nitrogen and oxygen atoms in total. The van der Waals surface area contributed by atoms with Crippen molar-refractivity contribution >= 4 is 23.0 Å². The van der Waals surface area contributed by atoms with Crippen molar-refractivity contribution < 1.29 is 19.8 Å². The molecule has 16 heavy (non-hydrogen) atoms. The van der Waals surface area contributed by atoms with Crippen LogP contribution in [0.15, 0.2) is 12.1 Å². The largest absolute Gasteiger partial charge is 0.478 e. The SMILES string of the molecule is Cn1nnc2c(C(=O)O)c(C(=O)O)ccc21. The molecule has 1 heterocycles. The van der Waals surface area contributed by atoms with E-state index in [0.29, 0.717) is 5.52 Å². The van der Waals surface area contributed by atoms with Crippen LogP contribution in [0.5, 0.6) is 0 Å². The first-order valence-electron chi connectivity index (χ1n) is 4.31. The summed E-state index contributed by atoms with van der Waals surface area (Å²) >= 11 is 0. The zero-order chi connectivity index (χ0) is 11.9. The van der Waals surface area contributed by atoms with Gasteiger partial charge in [0.2, 0.25) is 0 Å². The van der Waals surface area contributed by atoms with E-state index in [9.17, 15) is 9.59 Å². The first kappa shape index (κ1) is 10.1. The van der Waals surface area contributed by atoms with E-state index in [1.165, 1.54) is 16.8 Å². The van der Waals surface area contributed by atoms with E-state index in [1.807, 2.05) is 0 Å². The molecule has 0 bridgehead atoms. The molecule has 2 N–H and O–H groups in total. The van der Waals surface area contributed by atoms with Crippen LogP contribution in [-0.4, -0.2) is 37.1 Å². The minimum Gasteiger partial charge on any atom is -0.478 e. The summed E-state index contributed by atoms with van der Waals surface area (Å²) in [6.07, 6.45) is 0. The highest BCUT2D eigenvalue weighted by Crippen LogP contribution is 2.20. The van der Waals surface area contributed by atoms with Crippen molar-refractivity contribution in [2.24, 2.45) is 7.05 Å². The van der Waals surface area contributed by atoms with Crippen molar-refractivity contribution in [1.82, 2.24) is 15.0 Å². The fraction of sp³-hybridized carbons (Fsp3) is 0.111. The number of carboxylic acid groups (broad SMARTS) is 2. The lowest BCUT2D eigenvalue weighted by Crippen LogP contribution is -2.08. The van der Waals surface area contributed by atoms with Crippen molar-refractivity contribution in [3.63, 3.8) is 0 Å². The van der Waals surface area contributed by atoms with Crippen LogP contribution in [0.3, 0.4) is 0 Å². The van der Waals surface area contributed by atoms with Gasteiger partial charge < -0.3 is 10.2 Å². The molecule has 0 radical (unpaired) electrons. The average molecular weight is 221 g/mol. The number of hydrogen-bond acceptors (Lipinski definition) is 4. The second kappa shape index (κ2) is 3.30. The van der Waals surface area contributed by atoms with Gasteiger partial charge in [-0.15, -0.1) is 5.10 Å². The molecule has 0 aliphatic carbocycles. The fourth-order valence-corrected chi connectivity index (χ4v) is 1.50. The molecule has 0 aliphatic rings. The molecular formula is C9H7N3O4. The van der Waals surface area contributed by atoms with E-state index in [1.54, 1.807) is 7.05 Å². The van der Waals surface area contributed by atoms with Crippen LogP contribution in [0.2, 0.25) is 0 Å². The normalized spacial score (nSPS) is 10.6. The monoisotopic (exact) mass is 221 g/mol. The molecular weight excluding hydrogens is 214 g/mol. The van der Waals surface area contributed by atoms with Gasteiger partial charge in [-0.05, 0) is 12.1 Å². The number of hydrogen-bond donors (Lipinski definition) is 2. The summed E-state index contributed by atoms with van der Waals surface area (Å²) in [6.45, 7) is 0. The second-order valence-corrected chi connectivity index (χ2v) is 3.18. The Balaban J connectivity index is 2.90. The van der Waals surface area contributed by atoms with Gasteiger partial charge in [0.25, 0.3) is 0 Å². The highest BCUT2D eigenvalue weighted by atomic mass is 16.4. The van der Waals surface area contributed by atoms with E-state index in [2.05, 4.69) is 10.3 Å². The molecule has 0 spiro atoms. The van der Waals surface area contributed by atoms with Crippen LogP contribution in [0.4, 0.5) is 0 Å². The lowest BCUT2D eigenvalue weighted by atomic mass is 10.1. The summed E-state index contributed by atoms with van der Waals surface area (Å²) in [7, 11) is 1.60. The number of carboxylic acids is 2. The Morgan fingerprint density at radius 2 is 1.94 bits per heavy atom. The summed E-state index contributed by atoms with van der Waals surface area (Å²) in [5, 5.41) is 25.1. The van der Waals surface area contributed by atoms with E-state index in [0.717, 1.165) is 0 Å². The van der Waals surface area contributed by atoms with E-state index >= 15 is 0 Å². The van der Waals surface area contributed by atoms with Gasteiger partial charge in [0.15, 0.2) is 0 Å². The molecule has 0 atom stereocenters. The zero-order valence-corrected chi connectivity index (χ0v) is 8.21. The van der Waals surface area contributed by atoms with Gasteiger partial charge in [-0.1, -0.05) is 5.21 Å². The third-order valence-electron chi connectivity index (χ3n) is 2.23. The lowest BCUT2D eigenvalue weighted by Gasteiger charge is -2.01. The lowest BCUT2D eigenvalue weighted by molar-refractivity contribution is 0.0653. The van der Waals surface area contributed by atoms with Crippen LogP contribution in [-0.2, 0) is 7.05 Å². The molecule has 82 valence electrons. The van der Waals surface area contributed by atoms with Gasteiger partial charge in [-0.25, -0.2) is 14.3 Å². The van der Waals surface area contributed by atoms with Crippen LogP contribution in [0.25, 0.3) is 11.0 Å². The quantitative estimate of drug-likeness (QED) is 0.758. The van der Waals surface area contributed by atoms with Crippen LogP contribution >= 0.6 is 0 Å². The van der Waals surface area contributed by atoms with Gasteiger partial charge in [0.1, 0.15) is 11.1 Å². The zero-order valence-electron chi connectivity index (χ0n) is 8.21. The van der Waals surface area contributed by atoms with Crippen LogP contribution in [0, 0.1) is 0 Å². The Morgan fingerprint density at radius 3 is 2.50 bits per heavy atom. The predicted molar refractivity (Wildman–Crippen MR) is 52.4 cm³/mol. The number of fused-ring (bicyclic) bond motifs is 1. The minimum atomic E-state index is -1.33. The molecule has 2 aromatic rings. The van der Waals surface area contributed by atoms with Crippen molar-refractivity contribution in [2.45, 2.75) is 0 Å². The molecule has 0 amide bonds. The van der Waals surface area contributed by atoms with Gasteiger partial charge in [-0.2, -0.15) is 0 Å². The van der Waals surface area contributed by atoms with Crippen molar-refractivity contribution in [1.29, 1.82) is 0 Å². The smallest absolute Gasteiger partial charge is 0.338 e. The van der Waals surface area contributed by atoms with Crippen molar-refractivity contribution in [3.8, 4) is 0 Å². The van der Waals surface area contributed by atoms with Crippen LogP contribution in [0.1, 0.15) is 20.7 Å². The summed E-state index contributed by atoms with van der Waals surface area (Å²) in [5.41, 5.74) is -0.0732. The number of benzene rings is 1. The summed E-state index contributed by atoms with van der Waals surface area (Å²) in [6, 6.07) is 2.71. The molecule has 1 aromatic carbocycles. The molecule has 0 unspecified atom stereocenters. The Morgan fingerprint density at radius 1 is 1.25 bits per heavy atom. The Bertz CT molecular complexity index is 602. The first-order valence-corrected chi connectivity index (χ1v) is 4.31.